The second kappa shape index (κ2) is 8.78. The highest BCUT2D eigenvalue weighted by atomic mass is 16.5. The summed E-state index contributed by atoms with van der Waals surface area (Å²) in [5.41, 5.74) is 0.168. The molecule has 1 amide bonds. The van der Waals surface area contributed by atoms with Crippen molar-refractivity contribution in [3.8, 4) is 5.75 Å². The Morgan fingerprint density at radius 2 is 1.82 bits per heavy atom. The number of ketones is 1. The van der Waals surface area contributed by atoms with Crippen LogP contribution in [-0.4, -0.2) is 47.6 Å². The SMILES string of the molecule is CCOc1ccc(C2C(C(=O)C(C)(C)C)=C(O)C(=O)N2CCOC(C)C)cc1. The lowest BCUT2D eigenvalue weighted by atomic mass is 9.82. The number of hydrogen-bond acceptors (Lipinski definition) is 5. The van der Waals surface area contributed by atoms with Gasteiger partial charge in [0.2, 0.25) is 0 Å². The highest BCUT2D eigenvalue weighted by Crippen LogP contribution is 2.41. The normalized spacial score (nSPS) is 17.6. The first-order valence-corrected chi connectivity index (χ1v) is 9.71. The van der Waals surface area contributed by atoms with E-state index in [0.29, 0.717) is 19.0 Å². The number of amides is 1. The minimum Gasteiger partial charge on any atom is -0.503 e. The molecule has 6 nitrogen and oxygen atoms in total. The molecule has 0 fully saturated rings. The van der Waals surface area contributed by atoms with Crippen molar-refractivity contribution >= 4 is 11.7 Å². The largest absolute Gasteiger partial charge is 0.503 e. The van der Waals surface area contributed by atoms with Crippen molar-refractivity contribution in [3.63, 3.8) is 0 Å². The lowest BCUT2D eigenvalue weighted by molar-refractivity contribution is -0.130. The van der Waals surface area contributed by atoms with Gasteiger partial charge in [0, 0.05) is 12.0 Å². The van der Waals surface area contributed by atoms with Crippen molar-refractivity contribution in [1.29, 1.82) is 0 Å². The van der Waals surface area contributed by atoms with E-state index in [9.17, 15) is 14.7 Å². The molecule has 2 rings (SSSR count). The molecule has 1 aromatic carbocycles. The molecule has 0 aromatic heterocycles. The van der Waals surface area contributed by atoms with Crippen LogP contribution in [0.25, 0.3) is 0 Å². The molecule has 1 aliphatic heterocycles. The van der Waals surface area contributed by atoms with Gasteiger partial charge in [-0.1, -0.05) is 32.9 Å². The van der Waals surface area contributed by atoms with Crippen LogP contribution < -0.4 is 4.74 Å². The fraction of sp³-hybridized carbons (Fsp3) is 0.545. The van der Waals surface area contributed by atoms with Gasteiger partial charge in [-0.05, 0) is 38.5 Å². The summed E-state index contributed by atoms with van der Waals surface area (Å²) in [7, 11) is 0. The fourth-order valence-corrected chi connectivity index (χ4v) is 3.17. The van der Waals surface area contributed by atoms with Gasteiger partial charge < -0.3 is 19.5 Å². The van der Waals surface area contributed by atoms with Crippen molar-refractivity contribution in [2.75, 3.05) is 19.8 Å². The fourth-order valence-electron chi connectivity index (χ4n) is 3.17. The first-order valence-electron chi connectivity index (χ1n) is 9.71. The van der Waals surface area contributed by atoms with Gasteiger partial charge in [0.25, 0.3) is 5.91 Å². The zero-order chi connectivity index (χ0) is 21.1. The van der Waals surface area contributed by atoms with Crippen LogP contribution in [0.2, 0.25) is 0 Å². The smallest absolute Gasteiger partial charge is 0.290 e. The number of carbonyl (C=O) groups excluding carboxylic acids is 2. The third kappa shape index (κ3) is 4.73. The molecule has 0 radical (unpaired) electrons. The van der Waals surface area contributed by atoms with E-state index in [1.54, 1.807) is 32.9 Å². The second-order valence-corrected chi connectivity index (χ2v) is 8.16. The summed E-state index contributed by atoms with van der Waals surface area (Å²) in [5, 5.41) is 10.5. The number of aliphatic hydroxyl groups is 1. The van der Waals surface area contributed by atoms with Crippen molar-refractivity contribution in [2.45, 2.75) is 53.7 Å². The van der Waals surface area contributed by atoms with Crippen LogP contribution in [-0.2, 0) is 14.3 Å². The molecular weight excluding hydrogens is 358 g/mol. The summed E-state index contributed by atoms with van der Waals surface area (Å²) in [6, 6.07) is 6.62. The predicted molar refractivity (Wildman–Crippen MR) is 107 cm³/mol. The highest BCUT2D eigenvalue weighted by Gasteiger charge is 2.45. The van der Waals surface area contributed by atoms with Crippen LogP contribution in [0.1, 0.15) is 53.1 Å². The molecule has 6 heteroatoms. The van der Waals surface area contributed by atoms with Crippen molar-refractivity contribution in [2.24, 2.45) is 5.41 Å². The van der Waals surface area contributed by atoms with Crippen molar-refractivity contribution in [3.05, 3.63) is 41.2 Å². The Balaban J connectivity index is 2.43. The van der Waals surface area contributed by atoms with Crippen LogP contribution in [0.5, 0.6) is 5.75 Å². The van der Waals surface area contributed by atoms with Gasteiger partial charge in [-0.15, -0.1) is 0 Å². The first kappa shape index (κ1) is 22.0. The maximum atomic E-state index is 13.1. The van der Waals surface area contributed by atoms with E-state index >= 15 is 0 Å². The van der Waals surface area contributed by atoms with E-state index in [2.05, 4.69) is 0 Å². The molecule has 154 valence electrons. The number of Topliss-reactive ketones (excluding diaryl/α,β-unsaturated/α-hetero) is 1. The Morgan fingerprint density at radius 3 is 2.32 bits per heavy atom. The maximum Gasteiger partial charge on any atom is 0.290 e. The molecule has 0 spiro atoms. The van der Waals surface area contributed by atoms with E-state index in [1.807, 2.05) is 32.9 Å². The summed E-state index contributed by atoms with van der Waals surface area (Å²) < 4.78 is 11.1. The molecule has 0 aliphatic carbocycles. The van der Waals surface area contributed by atoms with Crippen LogP contribution in [0.15, 0.2) is 35.6 Å². The Morgan fingerprint density at radius 1 is 1.21 bits per heavy atom. The van der Waals surface area contributed by atoms with Gasteiger partial charge in [-0.2, -0.15) is 0 Å². The molecule has 0 bridgehead atoms. The van der Waals surface area contributed by atoms with Crippen molar-refractivity contribution in [1.82, 2.24) is 4.90 Å². The summed E-state index contributed by atoms with van der Waals surface area (Å²) in [4.78, 5) is 27.3. The summed E-state index contributed by atoms with van der Waals surface area (Å²) in [6.07, 6.45) is 0.0267. The number of rotatable bonds is 8. The molecule has 28 heavy (non-hydrogen) atoms. The minimum absolute atomic E-state index is 0.0267. The van der Waals surface area contributed by atoms with Gasteiger partial charge >= 0.3 is 0 Å². The quantitative estimate of drug-likeness (QED) is 0.731. The second-order valence-electron chi connectivity index (χ2n) is 8.16. The number of hydrogen-bond donors (Lipinski definition) is 1. The average molecular weight is 389 g/mol. The van der Waals surface area contributed by atoms with Crippen LogP contribution in [0, 0.1) is 5.41 Å². The lowest BCUT2D eigenvalue weighted by Gasteiger charge is -2.29. The summed E-state index contributed by atoms with van der Waals surface area (Å²) in [5.74, 6) is -0.547. The molecule has 1 unspecified atom stereocenters. The lowest BCUT2D eigenvalue weighted by Crippen LogP contribution is -2.35. The van der Waals surface area contributed by atoms with E-state index in [-0.39, 0.29) is 24.0 Å². The van der Waals surface area contributed by atoms with Gasteiger partial charge in [0.1, 0.15) is 5.75 Å². The number of carbonyl (C=O) groups is 2. The van der Waals surface area contributed by atoms with E-state index in [1.165, 1.54) is 4.90 Å². The molecule has 0 saturated carbocycles. The van der Waals surface area contributed by atoms with Crippen LogP contribution in [0.4, 0.5) is 0 Å². The van der Waals surface area contributed by atoms with Crippen LogP contribution in [0.3, 0.4) is 0 Å². The Hall–Kier alpha value is -2.34. The van der Waals surface area contributed by atoms with Gasteiger partial charge in [-0.25, -0.2) is 0 Å². The highest BCUT2D eigenvalue weighted by molar-refractivity contribution is 6.10. The number of aliphatic hydroxyl groups excluding tert-OH is 1. The van der Waals surface area contributed by atoms with E-state index in [4.69, 9.17) is 9.47 Å². The topological polar surface area (TPSA) is 76.1 Å². The monoisotopic (exact) mass is 389 g/mol. The zero-order valence-electron chi connectivity index (χ0n) is 17.6. The van der Waals surface area contributed by atoms with Crippen LogP contribution >= 0.6 is 0 Å². The molecule has 1 heterocycles. The van der Waals surface area contributed by atoms with Crippen molar-refractivity contribution < 1.29 is 24.2 Å². The summed E-state index contributed by atoms with van der Waals surface area (Å²) >= 11 is 0. The molecule has 1 N–H and O–H groups in total. The standard InChI is InChI=1S/C22H31NO5/c1-7-27-16-10-8-15(9-11-16)18-17(20(25)22(4,5)6)19(24)21(26)23(18)12-13-28-14(2)3/h8-11,14,18,24H,7,12-13H2,1-6H3. The molecular formula is C22H31NO5. The Kier molecular flexibility index (Phi) is 6.88. The Labute approximate surface area is 167 Å². The molecule has 1 aromatic rings. The van der Waals surface area contributed by atoms with E-state index < -0.39 is 23.1 Å². The Bertz CT molecular complexity index is 743. The summed E-state index contributed by atoms with van der Waals surface area (Å²) in [6.45, 7) is 12.2. The number of benzene rings is 1. The van der Waals surface area contributed by atoms with E-state index in [0.717, 1.165) is 5.56 Å². The first-order chi connectivity index (χ1) is 13.1. The van der Waals surface area contributed by atoms with Gasteiger partial charge in [-0.3, -0.25) is 9.59 Å². The minimum atomic E-state index is -0.725. The molecule has 1 atom stereocenters. The average Bonchev–Trinajstić information content (AvgIpc) is 2.86. The molecule has 1 aliphatic rings. The maximum absolute atomic E-state index is 13.1. The third-order valence-electron chi connectivity index (χ3n) is 4.52. The molecule has 0 saturated heterocycles. The third-order valence-corrected chi connectivity index (χ3v) is 4.52. The number of nitrogens with zero attached hydrogens (tertiary/aromatic N) is 1. The zero-order valence-corrected chi connectivity index (χ0v) is 17.6. The van der Waals surface area contributed by atoms with Gasteiger partial charge in [0.05, 0.1) is 30.9 Å². The predicted octanol–water partition coefficient (Wildman–Crippen LogP) is 3.82. The number of ether oxygens (including phenoxy) is 2. The van der Waals surface area contributed by atoms with Gasteiger partial charge in [0.15, 0.2) is 11.5 Å².